The lowest BCUT2D eigenvalue weighted by atomic mass is 9.69. The van der Waals surface area contributed by atoms with E-state index < -0.39 is 0 Å². The van der Waals surface area contributed by atoms with Gasteiger partial charge in [0.1, 0.15) is 0 Å². The Kier molecular flexibility index (Phi) is 4.60. The summed E-state index contributed by atoms with van der Waals surface area (Å²) in [6.07, 6.45) is 3.52. The molecule has 0 saturated heterocycles. The molecule has 0 aromatic heterocycles. The molecule has 1 saturated carbocycles. The number of rotatable bonds is 4. The monoisotopic (exact) mass is 213 g/mol. The largest absolute Gasteiger partial charge is 0.392 e. The van der Waals surface area contributed by atoms with Crippen LogP contribution in [0.25, 0.3) is 0 Å². The summed E-state index contributed by atoms with van der Waals surface area (Å²) < 4.78 is 0. The summed E-state index contributed by atoms with van der Waals surface area (Å²) in [4.78, 5) is 2.43. The molecule has 0 aromatic carbocycles. The normalized spacial score (nSPS) is 30.8. The minimum atomic E-state index is -0.119. The van der Waals surface area contributed by atoms with Crippen LogP contribution in [-0.2, 0) is 0 Å². The van der Waals surface area contributed by atoms with Crippen LogP contribution in [0.15, 0.2) is 0 Å². The van der Waals surface area contributed by atoms with Crippen LogP contribution >= 0.6 is 0 Å². The van der Waals surface area contributed by atoms with Gasteiger partial charge >= 0.3 is 0 Å². The first-order valence-electron chi connectivity index (χ1n) is 6.41. The summed E-state index contributed by atoms with van der Waals surface area (Å²) >= 11 is 0. The highest BCUT2D eigenvalue weighted by atomic mass is 16.3. The van der Waals surface area contributed by atoms with Gasteiger partial charge in [-0.15, -0.1) is 0 Å². The maximum absolute atomic E-state index is 10.3. The lowest BCUT2D eigenvalue weighted by Crippen LogP contribution is -2.45. The standard InChI is InChI=1S/C13H27NO/c1-5-14(6-2)10-11-8-7-9-13(3,4)12(11)15/h11-12,15H,5-10H2,1-4H3. The lowest BCUT2D eigenvalue weighted by molar-refractivity contribution is -0.0421. The Bertz CT molecular complexity index is 187. The smallest absolute Gasteiger partial charge is 0.0631 e. The molecular formula is C13H27NO. The predicted octanol–water partition coefficient (Wildman–Crippen LogP) is 2.52. The SMILES string of the molecule is CCN(CC)CC1CCCC(C)(C)C1O. The molecule has 1 rings (SSSR count). The van der Waals surface area contributed by atoms with Crippen molar-refractivity contribution in [3.8, 4) is 0 Å². The van der Waals surface area contributed by atoms with Crippen molar-refractivity contribution < 1.29 is 5.11 Å². The molecule has 0 radical (unpaired) electrons. The van der Waals surface area contributed by atoms with Crippen LogP contribution in [0.1, 0.15) is 47.0 Å². The summed E-state index contributed by atoms with van der Waals surface area (Å²) in [6.45, 7) is 12.1. The van der Waals surface area contributed by atoms with Gasteiger partial charge in [-0.3, -0.25) is 0 Å². The molecule has 0 amide bonds. The lowest BCUT2D eigenvalue weighted by Gasteiger charge is -2.42. The van der Waals surface area contributed by atoms with Crippen LogP contribution < -0.4 is 0 Å². The van der Waals surface area contributed by atoms with Gasteiger partial charge in [0.2, 0.25) is 0 Å². The van der Waals surface area contributed by atoms with Crippen molar-refractivity contribution in [1.29, 1.82) is 0 Å². The second kappa shape index (κ2) is 5.31. The van der Waals surface area contributed by atoms with Crippen molar-refractivity contribution >= 4 is 0 Å². The Hall–Kier alpha value is -0.0800. The topological polar surface area (TPSA) is 23.5 Å². The molecule has 2 nitrogen and oxygen atoms in total. The van der Waals surface area contributed by atoms with Gasteiger partial charge < -0.3 is 10.0 Å². The first-order chi connectivity index (χ1) is 7.01. The predicted molar refractivity (Wildman–Crippen MR) is 64.9 cm³/mol. The molecule has 0 heterocycles. The van der Waals surface area contributed by atoms with E-state index >= 15 is 0 Å². The third-order valence-electron chi connectivity index (χ3n) is 4.03. The van der Waals surface area contributed by atoms with Gasteiger partial charge in [-0.05, 0) is 37.3 Å². The first kappa shape index (κ1) is 13.0. The Morgan fingerprint density at radius 1 is 1.27 bits per heavy atom. The van der Waals surface area contributed by atoms with E-state index in [4.69, 9.17) is 0 Å². The summed E-state index contributed by atoms with van der Waals surface area (Å²) in [5, 5.41) is 10.3. The molecule has 2 heteroatoms. The van der Waals surface area contributed by atoms with Crippen molar-refractivity contribution in [1.82, 2.24) is 4.90 Å². The summed E-state index contributed by atoms with van der Waals surface area (Å²) in [5.41, 5.74) is 0.121. The number of aliphatic hydroxyl groups is 1. The van der Waals surface area contributed by atoms with E-state index in [1.165, 1.54) is 19.3 Å². The van der Waals surface area contributed by atoms with Gasteiger partial charge in [0.25, 0.3) is 0 Å². The Balaban J connectivity index is 2.54. The van der Waals surface area contributed by atoms with Gasteiger partial charge in [0.15, 0.2) is 0 Å². The summed E-state index contributed by atoms with van der Waals surface area (Å²) in [7, 11) is 0. The minimum Gasteiger partial charge on any atom is -0.392 e. The van der Waals surface area contributed by atoms with Crippen LogP contribution in [0, 0.1) is 11.3 Å². The number of hydrogen-bond acceptors (Lipinski definition) is 2. The van der Waals surface area contributed by atoms with Gasteiger partial charge in [-0.25, -0.2) is 0 Å². The van der Waals surface area contributed by atoms with Gasteiger partial charge in [0, 0.05) is 6.54 Å². The maximum Gasteiger partial charge on any atom is 0.0631 e. The molecule has 0 bridgehead atoms. The van der Waals surface area contributed by atoms with Crippen molar-refractivity contribution in [2.45, 2.75) is 53.1 Å². The Labute approximate surface area is 94.7 Å². The van der Waals surface area contributed by atoms with E-state index in [2.05, 4.69) is 32.6 Å². The Morgan fingerprint density at radius 2 is 1.87 bits per heavy atom. The van der Waals surface area contributed by atoms with Crippen molar-refractivity contribution in [3.05, 3.63) is 0 Å². The van der Waals surface area contributed by atoms with Crippen molar-refractivity contribution in [3.63, 3.8) is 0 Å². The van der Waals surface area contributed by atoms with E-state index in [1.807, 2.05) is 0 Å². The van der Waals surface area contributed by atoms with E-state index in [-0.39, 0.29) is 11.5 Å². The highest BCUT2D eigenvalue weighted by Gasteiger charge is 2.37. The molecule has 1 fully saturated rings. The van der Waals surface area contributed by atoms with Crippen LogP contribution in [0.2, 0.25) is 0 Å². The molecule has 90 valence electrons. The molecule has 1 N–H and O–H groups in total. The average Bonchev–Trinajstić information content (AvgIpc) is 2.20. The second-order valence-corrected chi connectivity index (χ2v) is 5.57. The average molecular weight is 213 g/mol. The maximum atomic E-state index is 10.3. The third-order valence-corrected chi connectivity index (χ3v) is 4.03. The molecule has 1 aliphatic rings. The van der Waals surface area contributed by atoms with Gasteiger partial charge in [-0.1, -0.05) is 34.1 Å². The van der Waals surface area contributed by atoms with E-state index in [0.29, 0.717) is 5.92 Å². The van der Waals surface area contributed by atoms with Crippen molar-refractivity contribution in [2.75, 3.05) is 19.6 Å². The fraction of sp³-hybridized carbons (Fsp3) is 1.00. The zero-order valence-corrected chi connectivity index (χ0v) is 10.8. The molecule has 0 aromatic rings. The molecule has 0 aliphatic heterocycles. The number of aliphatic hydroxyl groups excluding tert-OH is 1. The number of nitrogens with zero attached hydrogens (tertiary/aromatic N) is 1. The van der Waals surface area contributed by atoms with Crippen molar-refractivity contribution in [2.24, 2.45) is 11.3 Å². The van der Waals surface area contributed by atoms with E-state index in [1.54, 1.807) is 0 Å². The van der Waals surface area contributed by atoms with Crippen LogP contribution in [0.3, 0.4) is 0 Å². The molecule has 15 heavy (non-hydrogen) atoms. The molecule has 2 atom stereocenters. The molecule has 2 unspecified atom stereocenters. The van der Waals surface area contributed by atoms with Crippen LogP contribution in [0.4, 0.5) is 0 Å². The quantitative estimate of drug-likeness (QED) is 0.775. The molecule has 0 spiro atoms. The fourth-order valence-corrected chi connectivity index (χ4v) is 2.77. The van der Waals surface area contributed by atoms with Gasteiger partial charge in [0.05, 0.1) is 6.10 Å². The van der Waals surface area contributed by atoms with Gasteiger partial charge in [-0.2, -0.15) is 0 Å². The summed E-state index contributed by atoms with van der Waals surface area (Å²) in [6, 6.07) is 0. The fourth-order valence-electron chi connectivity index (χ4n) is 2.77. The van der Waals surface area contributed by atoms with E-state index in [9.17, 15) is 5.11 Å². The third kappa shape index (κ3) is 3.18. The summed E-state index contributed by atoms with van der Waals surface area (Å²) in [5.74, 6) is 0.480. The van der Waals surface area contributed by atoms with Crippen LogP contribution in [0.5, 0.6) is 0 Å². The first-order valence-corrected chi connectivity index (χ1v) is 6.41. The Morgan fingerprint density at radius 3 is 2.40 bits per heavy atom. The highest BCUT2D eigenvalue weighted by Crippen LogP contribution is 2.39. The van der Waals surface area contributed by atoms with E-state index in [0.717, 1.165) is 19.6 Å². The highest BCUT2D eigenvalue weighted by molar-refractivity contribution is 4.89. The minimum absolute atomic E-state index is 0.119. The molecular weight excluding hydrogens is 186 g/mol. The second-order valence-electron chi connectivity index (χ2n) is 5.57. The zero-order chi connectivity index (χ0) is 11.5. The molecule has 1 aliphatic carbocycles. The number of hydrogen-bond donors (Lipinski definition) is 1. The van der Waals surface area contributed by atoms with Crippen LogP contribution in [-0.4, -0.2) is 35.7 Å². The zero-order valence-electron chi connectivity index (χ0n) is 10.8.